The van der Waals surface area contributed by atoms with Crippen molar-refractivity contribution in [3.8, 4) is 28.1 Å². The fourth-order valence-electron chi connectivity index (χ4n) is 9.79. The minimum Gasteiger partial charge on any atom is -0.310 e. The molecular weight excluding hydrogens is 565 g/mol. The van der Waals surface area contributed by atoms with Crippen LogP contribution in [-0.2, 0) is 5.41 Å². The summed E-state index contributed by atoms with van der Waals surface area (Å²) in [7, 11) is 0. The van der Waals surface area contributed by atoms with Gasteiger partial charge in [0.15, 0.2) is 0 Å². The van der Waals surface area contributed by atoms with Gasteiger partial charge in [-0.1, -0.05) is 157 Å². The Morgan fingerprint density at radius 2 is 1.26 bits per heavy atom. The molecule has 3 heterocycles. The number of hydrogen-bond donors (Lipinski definition) is 0. The van der Waals surface area contributed by atoms with E-state index in [1.807, 2.05) is 0 Å². The number of para-hydroxylation sites is 1. The van der Waals surface area contributed by atoms with Crippen LogP contribution < -0.4 is 16.4 Å². The Bertz CT molecular complexity index is 2520. The number of aromatic nitrogens is 1. The van der Waals surface area contributed by atoms with E-state index in [0.29, 0.717) is 0 Å². The summed E-state index contributed by atoms with van der Waals surface area (Å²) in [6.45, 7) is 0.144. The minimum absolute atomic E-state index is 0.144. The molecule has 1 unspecified atom stereocenters. The summed E-state index contributed by atoms with van der Waals surface area (Å²) < 4.78 is 2.62. The van der Waals surface area contributed by atoms with E-state index < -0.39 is 0 Å². The summed E-state index contributed by atoms with van der Waals surface area (Å²) in [4.78, 5) is 0. The molecule has 1 aromatic heterocycles. The zero-order valence-electron chi connectivity index (χ0n) is 25.9. The van der Waals surface area contributed by atoms with Crippen molar-refractivity contribution in [2.75, 3.05) is 0 Å². The van der Waals surface area contributed by atoms with E-state index >= 15 is 0 Å². The van der Waals surface area contributed by atoms with Gasteiger partial charge in [-0.05, 0) is 74.4 Å². The highest BCUT2D eigenvalue weighted by Gasteiger charge is 2.54. The van der Waals surface area contributed by atoms with Crippen LogP contribution in [0.1, 0.15) is 35.1 Å². The molecule has 0 radical (unpaired) electrons. The van der Waals surface area contributed by atoms with E-state index in [4.69, 9.17) is 0 Å². The third kappa shape index (κ3) is 3.07. The van der Waals surface area contributed by atoms with Crippen molar-refractivity contribution in [3.63, 3.8) is 0 Å². The van der Waals surface area contributed by atoms with Gasteiger partial charge in [-0.15, -0.1) is 0 Å². The van der Waals surface area contributed by atoms with Crippen molar-refractivity contribution in [1.82, 2.24) is 4.57 Å². The fraction of sp³-hybridized carbons (Fsp3) is 0.0667. The summed E-state index contributed by atoms with van der Waals surface area (Å²) in [6.07, 6.45) is 7.05. The molecule has 11 rings (SSSR count). The molecule has 0 N–H and O–H groups in total. The Balaban J connectivity index is 1.35. The first kappa shape index (κ1) is 25.6. The Morgan fingerprint density at radius 1 is 0.574 bits per heavy atom. The zero-order chi connectivity index (χ0) is 30.7. The molecule has 2 heteroatoms. The Labute approximate surface area is 275 Å². The van der Waals surface area contributed by atoms with Gasteiger partial charge in [-0.2, -0.15) is 0 Å². The SMILES string of the molecule is C1=CC2=C(CC1)c1ccccc1C21c2ccccc2B2c3c(cccc31)-n1c(-c3ccccc3)c(-c3ccccc3)c3cccc2c31. The van der Waals surface area contributed by atoms with Crippen LogP contribution in [-0.4, -0.2) is 11.3 Å². The van der Waals surface area contributed by atoms with Crippen LogP contribution in [0.15, 0.2) is 163 Å². The third-order valence-electron chi connectivity index (χ3n) is 11.4. The number of fused-ring (bicyclic) bond motifs is 10. The molecule has 218 valence electrons. The lowest BCUT2D eigenvalue weighted by atomic mass is 9.29. The Kier molecular flexibility index (Phi) is 5.03. The second-order valence-corrected chi connectivity index (χ2v) is 13.4. The average molecular weight is 596 g/mol. The molecule has 2 aliphatic carbocycles. The quantitative estimate of drug-likeness (QED) is 0.177. The average Bonchev–Trinajstić information content (AvgIpc) is 3.65. The van der Waals surface area contributed by atoms with Gasteiger partial charge in [0.1, 0.15) is 0 Å². The number of allylic oxidation sites excluding steroid dienone is 4. The number of benzene rings is 6. The molecule has 2 aliphatic heterocycles. The summed E-state index contributed by atoms with van der Waals surface area (Å²) in [6, 6.07) is 54.8. The molecule has 0 amide bonds. The third-order valence-corrected chi connectivity index (χ3v) is 11.4. The second-order valence-electron chi connectivity index (χ2n) is 13.4. The number of hydrogen-bond acceptors (Lipinski definition) is 0. The van der Waals surface area contributed by atoms with Crippen LogP contribution in [0.5, 0.6) is 0 Å². The first-order valence-corrected chi connectivity index (χ1v) is 16.9. The van der Waals surface area contributed by atoms with Gasteiger partial charge in [0.2, 0.25) is 6.71 Å². The number of rotatable bonds is 2. The molecule has 7 aromatic rings. The standard InChI is InChI=1S/C45H30BN/c1-3-15-29(16-4-1)41-33-21-13-27-39-44(33)47(43(41)30-17-5-2-6-18-30)40-28-14-25-37-42(40)46(39)38-26-12-11-24-36(38)45(37)34-22-9-7-19-31(34)32-20-8-10-23-35(32)45/h1-7,9-19,21-28H,8,20H2. The topological polar surface area (TPSA) is 4.93 Å². The van der Waals surface area contributed by atoms with Gasteiger partial charge in [-0.3, -0.25) is 0 Å². The summed E-state index contributed by atoms with van der Waals surface area (Å²) >= 11 is 0. The molecule has 4 aliphatic rings. The lowest BCUT2D eigenvalue weighted by Crippen LogP contribution is -2.64. The Morgan fingerprint density at radius 3 is 2.11 bits per heavy atom. The molecule has 6 aromatic carbocycles. The highest BCUT2D eigenvalue weighted by atomic mass is 15.0. The summed E-state index contributed by atoms with van der Waals surface area (Å²) in [5.74, 6) is 0. The van der Waals surface area contributed by atoms with Gasteiger partial charge in [-0.25, -0.2) is 0 Å². The fourth-order valence-corrected chi connectivity index (χ4v) is 9.79. The maximum absolute atomic E-state index is 2.62. The first-order chi connectivity index (χ1) is 23.4. The van der Waals surface area contributed by atoms with Crippen LogP contribution >= 0.6 is 0 Å². The van der Waals surface area contributed by atoms with E-state index in [-0.39, 0.29) is 12.1 Å². The van der Waals surface area contributed by atoms with Crippen LogP contribution in [0, 0.1) is 0 Å². The molecule has 1 nitrogen and oxygen atoms in total. The largest absolute Gasteiger partial charge is 0.310 e. The van der Waals surface area contributed by atoms with Crippen LogP contribution in [0.4, 0.5) is 0 Å². The maximum atomic E-state index is 2.62. The molecule has 0 fully saturated rings. The minimum atomic E-state index is -0.352. The highest BCUT2D eigenvalue weighted by molar-refractivity contribution is 6.99. The monoisotopic (exact) mass is 595 g/mol. The van der Waals surface area contributed by atoms with Crippen molar-refractivity contribution in [2.24, 2.45) is 0 Å². The van der Waals surface area contributed by atoms with Crippen molar-refractivity contribution in [3.05, 3.63) is 186 Å². The van der Waals surface area contributed by atoms with E-state index in [0.717, 1.165) is 12.8 Å². The predicted molar refractivity (Wildman–Crippen MR) is 197 cm³/mol. The van der Waals surface area contributed by atoms with Crippen LogP contribution in [0.25, 0.3) is 44.5 Å². The van der Waals surface area contributed by atoms with E-state index in [1.165, 1.54) is 88.8 Å². The van der Waals surface area contributed by atoms with E-state index in [9.17, 15) is 0 Å². The van der Waals surface area contributed by atoms with Crippen LogP contribution in [0.3, 0.4) is 0 Å². The van der Waals surface area contributed by atoms with Crippen molar-refractivity contribution in [2.45, 2.75) is 18.3 Å². The molecule has 1 atom stereocenters. The van der Waals surface area contributed by atoms with Gasteiger partial charge in [0.25, 0.3) is 0 Å². The summed E-state index contributed by atoms with van der Waals surface area (Å²) in [5, 5.41) is 1.31. The van der Waals surface area contributed by atoms with Gasteiger partial charge < -0.3 is 4.57 Å². The predicted octanol–water partition coefficient (Wildman–Crippen LogP) is 8.56. The Hall–Kier alpha value is -5.60. The highest BCUT2D eigenvalue weighted by Crippen LogP contribution is 2.58. The van der Waals surface area contributed by atoms with Crippen molar-refractivity contribution in [1.29, 1.82) is 0 Å². The summed E-state index contributed by atoms with van der Waals surface area (Å²) in [5.41, 5.74) is 20.3. The first-order valence-electron chi connectivity index (χ1n) is 16.9. The number of nitrogens with zero attached hydrogens (tertiary/aromatic N) is 1. The van der Waals surface area contributed by atoms with E-state index in [1.54, 1.807) is 0 Å². The van der Waals surface area contributed by atoms with Gasteiger partial charge >= 0.3 is 0 Å². The van der Waals surface area contributed by atoms with Crippen LogP contribution in [0.2, 0.25) is 0 Å². The molecule has 1 spiro atoms. The molecule has 0 saturated heterocycles. The zero-order valence-corrected chi connectivity index (χ0v) is 25.9. The lowest BCUT2D eigenvalue weighted by molar-refractivity contribution is 0.761. The second kappa shape index (κ2) is 9.24. The van der Waals surface area contributed by atoms with Crippen molar-refractivity contribution < 1.29 is 0 Å². The van der Waals surface area contributed by atoms with Crippen molar-refractivity contribution >= 4 is 39.6 Å². The normalized spacial score (nSPS) is 17.9. The molecule has 0 saturated carbocycles. The molecular formula is C45H30BN. The lowest BCUT2D eigenvalue weighted by Gasteiger charge is -2.45. The maximum Gasteiger partial charge on any atom is 0.247 e. The smallest absolute Gasteiger partial charge is 0.247 e. The van der Waals surface area contributed by atoms with Gasteiger partial charge in [0, 0.05) is 22.2 Å². The van der Waals surface area contributed by atoms with E-state index in [2.05, 4.69) is 162 Å². The molecule has 0 bridgehead atoms. The molecule has 47 heavy (non-hydrogen) atoms. The van der Waals surface area contributed by atoms with Gasteiger partial charge in [0.05, 0.1) is 11.1 Å².